The molecule has 1 atom stereocenters. The molecule has 0 unspecified atom stereocenters. The van der Waals surface area contributed by atoms with Crippen LogP contribution in [-0.2, 0) is 12.8 Å². The molecule has 1 heterocycles. The van der Waals surface area contributed by atoms with E-state index < -0.39 is 5.54 Å². The van der Waals surface area contributed by atoms with Gasteiger partial charge < -0.3 is 20.0 Å². The number of hydrogen-bond donors (Lipinski definition) is 2. The van der Waals surface area contributed by atoms with E-state index in [1.807, 2.05) is 37.3 Å². The Balaban J connectivity index is 0.00000225. The zero-order valence-corrected chi connectivity index (χ0v) is 17.0. The van der Waals surface area contributed by atoms with Gasteiger partial charge in [0, 0.05) is 16.7 Å². The number of aliphatic hydroxyl groups is 1. The quantitative estimate of drug-likeness (QED) is 0.700. The molecule has 0 saturated carbocycles. The van der Waals surface area contributed by atoms with Gasteiger partial charge in [0.15, 0.2) is 0 Å². The molecule has 0 bridgehead atoms. The van der Waals surface area contributed by atoms with E-state index in [4.69, 9.17) is 14.9 Å². The van der Waals surface area contributed by atoms with Crippen LogP contribution in [0, 0.1) is 6.92 Å². The number of aromatic nitrogens is 2. The van der Waals surface area contributed by atoms with Crippen LogP contribution < -0.4 is 10.5 Å². The zero-order valence-electron chi connectivity index (χ0n) is 16.0. The highest BCUT2D eigenvalue weighted by molar-refractivity contribution is 7.59. The van der Waals surface area contributed by atoms with Crippen LogP contribution in [0.25, 0.3) is 22.9 Å². The van der Waals surface area contributed by atoms with Crippen molar-refractivity contribution in [3.05, 3.63) is 53.1 Å². The molecule has 2 aromatic carbocycles. The van der Waals surface area contributed by atoms with Crippen LogP contribution in [0.3, 0.4) is 0 Å². The number of aliphatic hydroxyl groups excluding tert-OH is 1. The fourth-order valence-electron chi connectivity index (χ4n) is 3.62. The van der Waals surface area contributed by atoms with Crippen molar-refractivity contribution >= 4 is 13.5 Å². The van der Waals surface area contributed by atoms with Gasteiger partial charge >= 0.3 is 0 Å². The first-order valence-electron chi connectivity index (χ1n) is 9.02. The summed E-state index contributed by atoms with van der Waals surface area (Å²) < 4.78 is 11.2. The third kappa shape index (κ3) is 3.78. The number of fused-ring (bicyclic) bond motifs is 1. The fourth-order valence-corrected chi connectivity index (χ4v) is 3.62. The first-order valence-corrected chi connectivity index (χ1v) is 9.02. The fraction of sp³-hybridized carbons (Fsp3) is 0.333. The lowest BCUT2D eigenvalue weighted by Crippen LogP contribution is -2.48. The molecular weight excluding hydrogens is 374 g/mol. The third-order valence-corrected chi connectivity index (χ3v) is 5.27. The number of ether oxygens (including phenoxy) is 1. The van der Waals surface area contributed by atoms with E-state index in [-0.39, 0.29) is 20.1 Å². The van der Waals surface area contributed by atoms with Crippen LogP contribution in [-0.4, -0.2) is 34.6 Å². The van der Waals surface area contributed by atoms with E-state index in [2.05, 4.69) is 16.3 Å². The van der Waals surface area contributed by atoms with Crippen molar-refractivity contribution in [1.29, 1.82) is 0 Å². The van der Waals surface area contributed by atoms with Gasteiger partial charge in [-0.1, -0.05) is 6.07 Å². The summed E-state index contributed by atoms with van der Waals surface area (Å²) in [6, 6.07) is 11.9. The maximum absolute atomic E-state index is 9.58. The third-order valence-electron chi connectivity index (χ3n) is 5.27. The van der Waals surface area contributed by atoms with Crippen molar-refractivity contribution in [3.8, 4) is 28.7 Å². The lowest BCUT2D eigenvalue weighted by atomic mass is 9.78. The van der Waals surface area contributed by atoms with Gasteiger partial charge in [0.2, 0.25) is 11.8 Å². The molecule has 1 aromatic heterocycles. The normalized spacial score (nSPS) is 18.3. The van der Waals surface area contributed by atoms with Crippen LogP contribution >= 0.6 is 13.5 Å². The Hall–Kier alpha value is -2.35. The molecule has 0 amide bonds. The van der Waals surface area contributed by atoms with Gasteiger partial charge in [0.25, 0.3) is 0 Å². The molecule has 0 aliphatic heterocycles. The van der Waals surface area contributed by atoms with Crippen molar-refractivity contribution < 1.29 is 14.3 Å². The highest BCUT2D eigenvalue weighted by Crippen LogP contribution is 2.32. The van der Waals surface area contributed by atoms with Gasteiger partial charge in [0.05, 0.1) is 13.7 Å². The highest BCUT2D eigenvalue weighted by atomic mass is 32.1. The molecule has 7 heteroatoms. The van der Waals surface area contributed by atoms with Crippen LogP contribution in [0.15, 0.2) is 40.8 Å². The van der Waals surface area contributed by atoms with Crippen LogP contribution in [0.4, 0.5) is 0 Å². The van der Waals surface area contributed by atoms with Crippen molar-refractivity contribution in [1.82, 2.24) is 10.2 Å². The summed E-state index contributed by atoms with van der Waals surface area (Å²) in [7, 11) is 1.65. The van der Waals surface area contributed by atoms with Crippen molar-refractivity contribution in [2.24, 2.45) is 5.73 Å². The van der Waals surface area contributed by atoms with Gasteiger partial charge in [-0.05, 0) is 73.2 Å². The number of nitrogens with zero attached hydrogens (tertiary/aromatic N) is 2. The average molecular weight is 400 g/mol. The minimum Gasteiger partial charge on any atom is -0.496 e. The molecule has 148 valence electrons. The van der Waals surface area contributed by atoms with E-state index in [1.54, 1.807) is 7.11 Å². The smallest absolute Gasteiger partial charge is 0.248 e. The lowest BCUT2D eigenvalue weighted by Gasteiger charge is -2.33. The Morgan fingerprint density at radius 1 is 1.11 bits per heavy atom. The minimum absolute atomic E-state index is 0. The lowest BCUT2D eigenvalue weighted by molar-refractivity contribution is 0.181. The number of hydrogen-bond acceptors (Lipinski definition) is 6. The van der Waals surface area contributed by atoms with E-state index in [1.165, 1.54) is 5.56 Å². The molecule has 0 radical (unpaired) electrons. The average Bonchev–Trinajstić information content (AvgIpc) is 3.17. The summed E-state index contributed by atoms with van der Waals surface area (Å²) in [5.41, 5.74) is 10.8. The molecule has 1 aliphatic rings. The predicted molar refractivity (Wildman–Crippen MR) is 113 cm³/mol. The largest absolute Gasteiger partial charge is 0.496 e. The first-order chi connectivity index (χ1) is 13.0. The van der Waals surface area contributed by atoms with Crippen molar-refractivity contribution in [2.45, 2.75) is 31.7 Å². The minimum atomic E-state index is -0.549. The molecular formula is C21H25N3O3S. The maximum atomic E-state index is 9.58. The summed E-state index contributed by atoms with van der Waals surface area (Å²) in [4.78, 5) is 0. The summed E-state index contributed by atoms with van der Waals surface area (Å²) >= 11 is 0. The van der Waals surface area contributed by atoms with Gasteiger partial charge in [-0.2, -0.15) is 13.5 Å². The Morgan fingerprint density at radius 3 is 2.43 bits per heavy atom. The van der Waals surface area contributed by atoms with E-state index >= 15 is 0 Å². The SMILES string of the molecule is COc1ccc(-c2nnc(-c3ccc4c(c3)C[C@](N)(CO)CC4)o2)cc1C.S. The standard InChI is InChI=1S/C21H23N3O3.H2S/c1-13-9-15(5-6-18(13)26-2)19-23-24-20(27-19)16-4-3-14-7-8-21(22,12-25)11-17(14)10-16;/h3-6,9-10,25H,7-8,11-12,22H2,1-2H3;1H2/t21-;/m0./s1. The van der Waals surface area contributed by atoms with E-state index in [9.17, 15) is 5.11 Å². The topological polar surface area (TPSA) is 94.4 Å². The molecule has 3 N–H and O–H groups in total. The molecule has 1 aliphatic carbocycles. The van der Waals surface area contributed by atoms with Crippen LogP contribution in [0.1, 0.15) is 23.1 Å². The second kappa shape index (κ2) is 7.95. The van der Waals surface area contributed by atoms with Gasteiger partial charge in [-0.15, -0.1) is 10.2 Å². The summed E-state index contributed by atoms with van der Waals surface area (Å²) in [5, 5.41) is 18.0. The Kier molecular flexibility index (Phi) is 5.79. The summed E-state index contributed by atoms with van der Waals surface area (Å²) in [6.07, 6.45) is 2.30. The van der Waals surface area contributed by atoms with E-state index in [0.717, 1.165) is 40.8 Å². The summed E-state index contributed by atoms with van der Waals surface area (Å²) in [5.74, 6) is 1.76. The molecule has 28 heavy (non-hydrogen) atoms. The molecule has 6 nitrogen and oxygen atoms in total. The Bertz CT molecular complexity index is 989. The van der Waals surface area contributed by atoms with E-state index in [0.29, 0.717) is 18.2 Å². The number of rotatable bonds is 4. The highest BCUT2D eigenvalue weighted by Gasteiger charge is 2.30. The number of aryl methyl sites for hydroxylation is 2. The number of nitrogens with two attached hydrogens (primary N) is 1. The molecule has 0 spiro atoms. The monoisotopic (exact) mass is 399 g/mol. The number of benzene rings is 2. The molecule has 4 rings (SSSR count). The van der Waals surface area contributed by atoms with Crippen LogP contribution in [0.2, 0.25) is 0 Å². The van der Waals surface area contributed by atoms with Gasteiger partial charge in [-0.3, -0.25) is 0 Å². The molecule has 3 aromatic rings. The van der Waals surface area contributed by atoms with Crippen molar-refractivity contribution in [3.63, 3.8) is 0 Å². The van der Waals surface area contributed by atoms with Gasteiger partial charge in [-0.25, -0.2) is 0 Å². The first kappa shape index (κ1) is 20.4. The second-order valence-corrected chi connectivity index (χ2v) is 7.28. The Morgan fingerprint density at radius 2 is 1.79 bits per heavy atom. The predicted octanol–water partition coefficient (Wildman–Crippen LogP) is 3.01. The number of methoxy groups -OCH3 is 1. The second-order valence-electron chi connectivity index (χ2n) is 7.28. The summed E-state index contributed by atoms with van der Waals surface area (Å²) in [6.45, 7) is 1.96. The maximum Gasteiger partial charge on any atom is 0.248 e. The van der Waals surface area contributed by atoms with Gasteiger partial charge in [0.1, 0.15) is 5.75 Å². The van der Waals surface area contributed by atoms with Crippen molar-refractivity contribution in [2.75, 3.05) is 13.7 Å². The Labute approximate surface area is 171 Å². The molecule has 0 fully saturated rings. The molecule has 0 saturated heterocycles. The van der Waals surface area contributed by atoms with Crippen LogP contribution in [0.5, 0.6) is 5.75 Å². The zero-order chi connectivity index (χ0) is 19.0.